The molecular weight excluding hydrogens is 398 g/mol. The minimum atomic E-state index is 0.204. The fraction of sp³-hybridized carbons (Fsp3) is 0.0417. The van der Waals surface area contributed by atoms with Gasteiger partial charge in [0.05, 0.1) is 10.2 Å². The summed E-state index contributed by atoms with van der Waals surface area (Å²) >= 11 is 3.46. The van der Waals surface area contributed by atoms with E-state index in [4.69, 9.17) is 0 Å². The second-order valence-corrected chi connectivity index (χ2v) is 7.29. The van der Waals surface area contributed by atoms with Gasteiger partial charge in [-0.05, 0) is 57.1 Å². The highest BCUT2D eigenvalue weighted by atomic mass is 79.9. The number of hydrogen-bond donors (Lipinski definition) is 1. The van der Waals surface area contributed by atoms with Gasteiger partial charge in [-0.3, -0.25) is 4.99 Å². The van der Waals surface area contributed by atoms with E-state index in [1.165, 1.54) is 5.56 Å². The Balaban J connectivity index is 1.69. The fourth-order valence-electron chi connectivity index (χ4n) is 3.17. The number of rotatable bonds is 4. The van der Waals surface area contributed by atoms with Gasteiger partial charge in [-0.1, -0.05) is 66.7 Å². The zero-order chi connectivity index (χ0) is 18.6. The van der Waals surface area contributed by atoms with Crippen molar-refractivity contribution < 1.29 is 5.11 Å². The Morgan fingerprint density at radius 3 is 2.41 bits per heavy atom. The lowest BCUT2D eigenvalue weighted by molar-refractivity contribution is 0.471. The summed E-state index contributed by atoms with van der Waals surface area (Å²) in [6.07, 6.45) is 2.53. The molecule has 0 aliphatic carbocycles. The van der Waals surface area contributed by atoms with Gasteiger partial charge < -0.3 is 5.11 Å². The number of halogens is 1. The van der Waals surface area contributed by atoms with Crippen molar-refractivity contribution in [2.75, 3.05) is 0 Å². The first-order valence-corrected chi connectivity index (χ1v) is 9.57. The number of fused-ring (bicyclic) bond motifs is 1. The summed E-state index contributed by atoms with van der Waals surface area (Å²) in [6, 6.07) is 28.4. The monoisotopic (exact) mass is 415 g/mol. The summed E-state index contributed by atoms with van der Waals surface area (Å²) < 4.78 is 0.676. The highest BCUT2D eigenvalue weighted by molar-refractivity contribution is 9.10. The summed E-state index contributed by atoms with van der Waals surface area (Å²) in [5.41, 5.74) is 3.93. The molecule has 0 unspecified atom stereocenters. The lowest BCUT2D eigenvalue weighted by Crippen LogP contribution is -1.92. The van der Waals surface area contributed by atoms with E-state index in [1.54, 1.807) is 6.21 Å². The van der Waals surface area contributed by atoms with E-state index < -0.39 is 0 Å². The Labute approximate surface area is 167 Å². The van der Waals surface area contributed by atoms with Gasteiger partial charge in [-0.15, -0.1) is 0 Å². The summed E-state index contributed by atoms with van der Waals surface area (Å²) in [5.74, 6) is 0.204. The average molecular weight is 416 g/mol. The molecule has 0 saturated heterocycles. The van der Waals surface area contributed by atoms with Gasteiger partial charge in [0.1, 0.15) is 5.75 Å². The van der Waals surface area contributed by atoms with Gasteiger partial charge in [-0.25, -0.2) is 0 Å². The number of aromatic hydroxyl groups is 1. The SMILES string of the molecule is Oc1c(Br)cc(Cc2ccccc2)cc1C=Nc1cccc2ccccc12. The molecule has 0 radical (unpaired) electrons. The van der Waals surface area contributed by atoms with Crippen LogP contribution in [-0.4, -0.2) is 11.3 Å². The third kappa shape index (κ3) is 3.93. The Kier molecular flexibility index (Phi) is 5.03. The van der Waals surface area contributed by atoms with Crippen LogP contribution in [0.2, 0.25) is 0 Å². The van der Waals surface area contributed by atoms with Crippen LogP contribution in [0.25, 0.3) is 10.8 Å². The van der Waals surface area contributed by atoms with E-state index >= 15 is 0 Å². The van der Waals surface area contributed by atoms with E-state index in [1.807, 2.05) is 54.6 Å². The first-order valence-electron chi connectivity index (χ1n) is 8.78. The molecule has 0 aliphatic rings. The molecule has 0 fully saturated rings. The van der Waals surface area contributed by atoms with Crippen molar-refractivity contribution >= 4 is 38.6 Å². The standard InChI is InChI=1S/C24H18BrNO/c25-22-15-18(13-17-7-2-1-3-8-17)14-20(24(22)27)16-26-23-12-6-10-19-9-4-5-11-21(19)23/h1-12,14-16,27H,13H2. The molecule has 4 aromatic carbocycles. The van der Waals surface area contributed by atoms with Crippen molar-refractivity contribution in [2.24, 2.45) is 4.99 Å². The van der Waals surface area contributed by atoms with Crippen LogP contribution in [0, 0.1) is 0 Å². The molecule has 0 aliphatic heterocycles. The van der Waals surface area contributed by atoms with Crippen LogP contribution in [0.1, 0.15) is 16.7 Å². The molecule has 0 heterocycles. The fourth-order valence-corrected chi connectivity index (χ4v) is 3.69. The van der Waals surface area contributed by atoms with E-state index in [2.05, 4.69) is 51.3 Å². The second-order valence-electron chi connectivity index (χ2n) is 6.43. The van der Waals surface area contributed by atoms with Crippen molar-refractivity contribution in [2.45, 2.75) is 6.42 Å². The van der Waals surface area contributed by atoms with Gasteiger partial charge in [0.25, 0.3) is 0 Å². The lowest BCUT2D eigenvalue weighted by atomic mass is 10.0. The smallest absolute Gasteiger partial charge is 0.138 e. The van der Waals surface area contributed by atoms with Crippen LogP contribution < -0.4 is 0 Å². The molecule has 1 N–H and O–H groups in total. The molecule has 132 valence electrons. The highest BCUT2D eigenvalue weighted by Gasteiger charge is 2.08. The lowest BCUT2D eigenvalue weighted by Gasteiger charge is -2.08. The number of phenols is 1. The topological polar surface area (TPSA) is 32.6 Å². The molecule has 3 heteroatoms. The molecule has 2 nitrogen and oxygen atoms in total. The summed E-state index contributed by atoms with van der Waals surface area (Å²) in [4.78, 5) is 4.65. The van der Waals surface area contributed by atoms with E-state index in [-0.39, 0.29) is 5.75 Å². The third-order valence-corrected chi connectivity index (χ3v) is 5.12. The average Bonchev–Trinajstić information content (AvgIpc) is 2.70. The normalized spacial score (nSPS) is 11.3. The summed E-state index contributed by atoms with van der Waals surface area (Å²) in [7, 11) is 0. The second kappa shape index (κ2) is 7.77. The van der Waals surface area contributed by atoms with Crippen LogP contribution >= 0.6 is 15.9 Å². The van der Waals surface area contributed by atoms with Crippen molar-refractivity contribution in [3.63, 3.8) is 0 Å². The predicted molar refractivity (Wildman–Crippen MR) is 116 cm³/mol. The number of aliphatic imine (C=N–C) groups is 1. The Morgan fingerprint density at radius 1 is 0.815 bits per heavy atom. The molecule has 0 aromatic heterocycles. The van der Waals surface area contributed by atoms with Crippen LogP contribution in [0.4, 0.5) is 5.69 Å². The third-order valence-electron chi connectivity index (χ3n) is 4.51. The van der Waals surface area contributed by atoms with Crippen molar-refractivity contribution in [1.29, 1.82) is 0 Å². The zero-order valence-corrected chi connectivity index (χ0v) is 16.2. The molecule has 4 aromatic rings. The van der Waals surface area contributed by atoms with Crippen LogP contribution in [0.15, 0.2) is 94.4 Å². The van der Waals surface area contributed by atoms with E-state index in [0.29, 0.717) is 10.0 Å². The minimum absolute atomic E-state index is 0.204. The van der Waals surface area contributed by atoms with Gasteiger partial charge in [0, 0.05) is 17.2 Å². The maximum atomic E-state index is 10.4. The number of benzene rings is 4. The molecule has 0 bridgehead atoms. The van der Waals surface area contributed by atoms with Gasteiger partial charge in [-0.2, -0.15) is 0 Å². The Bertz CT molecular complexity index is 1110. The van der Waals surface area contributed by atoms with Crippen LogP contribution in [0.5, 0.6) is 5.75 Å². The molecular formula is C24H18BrNO. The minimum Gasteiger partial charge on any atom is -0.506 e. The molecule has 0 spiro atoms. The first-order chi connectivity index (χ1) is 13.2. The maximum Gasteiger partial charge on any atom is 0.138 e. The van der Waals surface area contributed by atoms with E-state index in [0.717, 1.165) is 28.4 Å². The van der Waals surface area contributed by atoms with Crippen LogP contribution in [-0.2, 0) is 6.42 Å². The molecule has 0 saturated carbocycles. The molecule has 27 heavy (non-hydrogen) atoms. The zero-order valence-electron chi connectivity index (χ0n) is 14.6. The van der Waals surface area contributed by atoms with Gasteiger partial charge in [0.2, 0.25) is 0 Å². The molecule has 4 rings (SSSR count). The van der Waals surface area contributed by atoms with Gasteiger partial charge >= 0.3 is 0 Å². The molecule has 0 amide bonds. The van der Waals surface area contributed by atoms with Crippen molar-refractivity contribution in [1.82, 2.24) is 0 Å². The Morgan fingerprint density at radius 2 is 1.56 bits per heavy atom. The van der Waals surface area contributed by atoms with Gasteiger partial charge in [0.15, 0.2) is 0 Å². The maximum absolute atomic E-state index is 10.4. The molecule has 0 atom stereocenters. The number of hydrogen-bond acceptors (Lipinski definition) is 2. The van der Waals surface area contributed by atoms with E-state index in [9.17, 15) is 5.11 Å². The highest BCUT2D eigenvalue weighted by Crippen LogP contribution is 2.31. The first kappa shape index (κ1) is 17.5. The number of nitrogens with zero attached hydrogens (tertiary/aromatic N) is 1. The van der Waals surface area contributed by atoms with Crippen molar-refractivity contribution in [3.8, 4) is 5.75 Å². The predicted octanol–water partition coefficient (Wildman–Crippen LogP) is 6.65. The quantitative estimate of drug-likeness (QED) is 0.371. The Hall–Kier alpha value is -2.91. The van der Waals surface area contributed by atoms with Crippen molar-refractivity contribution in [3.05, 3.63) is 106 Å². The largest absolute Gasteiger partial charge is 0.506 e. The van der Waals surface area contributed by atoms with Crippen LogP contribution in [0.3, 0.4) is 0 Å². The summed E-state index contributed by atoms with van der Waals surface area (Å²) in [6.45, 7) is 0. The summed E-state index contributed by atoms with van der Waals surface area (Å²) in [5, 5.41) is 12.7. The number of phenolic OH excluding ortho intramolecular Hbond substituents is 1.